The van der Waals surface area contributed by atoms with Crippen LogP contribution in [0.3, 0.4) is 0 Å². The Bertz CT molecular complexity index is 950. The quantitative estimate of drug-likeness (QED) is 0.702. The SMILES string of the molecule is N#Cc1ccc(CN2CCC([C@@H]3CCCCCN3C(=O)Nc3ccccc3)CC2)c(F)c1. The third-order valence-electron chi connectivity index (χ3n) is 6.84. The van der Waals surface area contributed by atoms with Crippen LogP contribution in [0.1, 0.15) is 49.7 Å². The maximum atomic E-state index is 14.3. The van der Waals surface area contributed by atoms with E-state index in [4.69, 9.17) is 5.26 Å². The van der Waals surface area contributed by atoms with Gasteiger partial charge < -0.3 is 10.2 Å². The number of para-hydroxylation sites is 1. The van der Waals surface area contributed by atoms with Gasteiger partial charge in [-0.15, -0.1) is 0 Å². The van der Waals surface area contributed by atoms with Gasteiger partial charge in [0, 0.05) is 30.4 Å². The summed E-state index contributed by atoms with van der Waals surface area (Å²) in [5.74, 6) is 0.162. The van der Waals surface area contributed by atoms with Crippen molar-refractivity contribution in [2.24, 2.45) is 5.92 Å². The normalized spacial score (nSPS) is 20.4. The summed E-state index contributed by atoms with van der Waals surface area (Å²) in [6, 6.07) is 16.6. The van der Waals surface area contributed by atoms with E-state index in [0.717, 1.165) is 57.4 Å². The highest BCUT2D eigenvalue weighted by atomic mass is 19.1. The summed E-state index contributed by atoms with van der Waals surface area (Å²) in [6.07, 6.45) is 6.46. The van der Waals surface area contributed by atoms with Gasteiger partial charge in [-0.2, -0.15) is 5.26 Å². The van der Waals surface area contributed by atoms with E-state index in [2.05, 4.69) is 15.1 Å². The fourth-order valence-electron chi connectivity index (χ4n) is 5.07. The van der Waals surface area contributed by atoms with Crippen LogP contribution in [-0.2, 0) is 6.54 Å². The van der Waals surface area contributed by atoms with Crippen molar-refractivity contribution in [3.8, 4) is 6.07 Å². The minimum absolute atomic E-state index is 0.00480. The van der Waals surface area contributed by atoms with Crippen molar-refractivity contribution >= 4 is 11.7 Å². The summed E-state index contributed by atoms with van der Waals surface area (Å²) in [4.78, 5) is 17.5. The summed E-state index contributed by atoms with van der Waals surface area (Å²) in [5, 5.41) is 12.0. The second kappa shape index (κ2) is 10.6. The van der Waals surface area contributed by atoms with Crippen LogP contribution in [0.2, 0.25) is 0 Å². The zero-order valence-electron chi connectivity index (χ0n) is 18.5. The van der Waals surface area contributed by atoms with Crippen molar-refractivity contribution in [1.29, 1.82) is 5.26 Å². The molecule has 5 nitrogen and oxygen atoms in total. The number of nitriles is 1. The lowest BCUT2D eigenvalue weighted by Crippen LogP contribution is -2.49. The number of urea groups is 1. The predicted octanol–water partition coefficient (Wildman–Crippen LogP) is 5.39. The Balaban J connectivity index is 1.37. The number of rotatable bonds is 4. The average Bonchev–Trinajstić information content (AvgIpc) is 3.08. The van der Waals surface area contributed by atoms with Crippen molar-refractivity contribution in [3.63, 3.8) is 0 Å². The number of halogens is 1. The number of carbonyl (C=O) groups is 1. The predicted molar refractivity (Wildman–Crippen MR) is 124 cm³/mol. The van der Waals surface area contributed by atoms with Crippen molar-refractivity contribution in [1.82, 2.24) is 9.80 Å². The smallest absolute Gasteiger partial charge is 0.321 e. The Kier molecular flexibility index (Phi) is 7.39. The number of nitrogens with zero attached hydrogens (tertiary/aromatic N) is 3. The first kappa shape index (κ1) is 22.3. The van der Waals surface area contributed by atoms with Gasteiger partial charge in [0.05, 0.1) is 11.6 Å². The lowest BCUT2D eigenvalue weighted by atomic mass is 9.86. The second-order valence-electron chi connectivity index (χ2n) is 8.94. The van der Waals surface area contributed by atoms with Crippen molar-refractivity contribution < 1.29 is 9.18 Å². The molecule has 32 heavy (non-hydrogen) atoms. The topological polar surface area (TPSA) is 59.4 Å². The molecular formula is C26H31FN4O. The van der Waals surface area contributed by atoms with Gasteiger partial charge in [0.2, 0.25) is 0 Å². The van der Waals surface area contributed by atoms with Crippen LogP contribution in [0.15, 0.2) is 48.5 Å². The van der Waals surface area contributed by atoms with E-state index in [1.165, 1.54) is 12.5 Å². The van der Waals surface area contributed by atoms with Crippen LogP contribution in [-0.4, -0.2) is 41.5 Å². The molecule has 2 aliphatic heterocycles. The summed E-state index contributed by atoms with van der Waals surface area (Å²) in [5.41, 5.74) is 1.83. The van der Waals surface area contributed by atoms with E-state index >= 15 is 0 Å². The third-order valence-corrected chi connectivity index (χ3v) is 6.84. The number of nitrogens with one attached hydrogen (secondary N) is 1. The zero-order valence-corrected chi connectivity index (χ0v) is 18.5. The zero-order chi connectivity index (χ0) is 22.3. The maximum absolute atomic E-state index is 14.3. The summed E-state index contributed by atoms with van der Waals surface area (Å²) >= 11 is 0. The number of carbonyl (C=O) groups excluding carboxylic acids is 1. The molecule has 168 valence electrons. The Morgan fingerprint density at radius 2 is 1.81 bits per heavy atom. The molecule has 0 saturated carbocycles. The van der Waals surface area contributed by atoms with Crippen molar-refractivity contribution in [2.75, 3.05) is 25.0 Å². The van der Waals surface area contributed by atoms with Gasteiger partial charge in [-0.1, -0.05) is 37.1 Å². The Morgan fingerprint density at radius 1 is 1.03 bits per heavy atom. The molecule has 1 atom stereocenters. The molecule has 0 spiro atoms. The number of benzene rings is 2. The minimum atomic E-state index is -0.307. The molecule has 2 amide bonds. The molecule has 0 bridgehead atoms. The van der Waals surface area contributed by atoms with Gasteiger partial charge in [-0.25, -0.2) is 9.18 Å². The molecule has 4 rings (SSSR count). The van der Waals surface area contributed by atoms with Crippen LogP contribution in [0.25, 0.3) is 0 Å². The highest BCUT2D eigenvalue weighted by molar-refractivity contribution is 5.89. The van der Waals surface area contributed by atoms with Gasteiger partial charge >= 0.3 is 6.03 Å². The molecule has 6 heteroatoms. The molecule has 0 unspecified atom stereocenters. The van der Waals surface area contributed by atoms with Gasteiger partial charge in [0.15, 0.2) is 0 Å². The molecule has 2 heterocycles. The van der Waals surface area contributed by atoms with Gasteiger partial charge in [0.1, 0.15) is 5.82 Å². The Hall–Kier alpha value is -2.91. The second-order valence-corrected chi connectivity index (χ2v) is 8.94. The van der Waals surface area contributed by atoms with E-state index in [1.54, 1.807) is 12.1 Å². The van der Waals surface area contributed by atoms with E-state index < -0.39 is 0 Å². The van der Waals surface area contributed by atoms with Crippen molar-refractivity contribution in [2.45, 2.75) is 51.1 Å². The molecular weight excluding hydrogens is 403 g/mol. The summed E-state index contributed by atoms with van der Waals surface area (Å²) in [7, 11) is 0. The minimum Gasteiger partial charge on any atom is -0.321 e. The molecule has 0 radical (unpaired) electrons. The van der Waals surface area contributed by atoms with E-state index in [1.807, 2.05) is 36.4 Å². The third kappa shape index (κ3) is 5.46. The molecule has 0 aliphatic carbocycles. The van der Waals surface area contributed by atoms with Gasteiger partial charge in [-0.3, -0.25) is 4.90 Å². The number of hydrogen-bond acceptors (Lipinski definition) is 3. The lowest BCUT2D eigenvalue weighted by molar-refractivity contribution is 0.102. The number of anilines is 1. The molecule has 0 aromatic heterocycles. The summed E-state index contributed by atoms with van der Waals surface area (Å²) < 4.78 is 14.3. The van der Waals surface area contributed by atoms with Gasteiger partial charge in [0.25, 0.3) is 0 Å². The fourth-order valence-corrected chi connectivity index (χ4v) is 5.07. The highest BCUT2D eigenvalue weighted by Gasteiger charge is 2.34. The molecule has 1 N–H and O–H groups in total. The van der Waals surface area contributed by atoms with E-state index in [9.17, 15) is 9.18 Å². The largest absolute Gasteiger partial charge is 0.322 e. The molecule has 2 aliphatic rings. The monoisotopic (exact) mass is 434 g/mol. The standard InChI is InChI=1S/C26H31FN4O/c27-24-17-20(18-28)10-11-22(24)19-30-15-12-21(13-16-30)25-9-5-2-6-14-31(25)26(32)29-23-7-3-1-4-8-23/h1,3-4,7-8,10-11,17,21,25H,2,5-6,9,12-16,19H2,(H,29,32)/t25-/m0/s1. The van der Waals surface area contributed by atoms with E-state index in [-0.39, 0.29) is 17.9 Å². The number of piperidine rings is 1. The van der Waals surface area contributed by atoms with Crippen molar-refractivity contribution in [3.05, 3.63) is 65.5 Å². The number of hydrogen-bond donors (Lipinski definition) is 1. The van der Waals surface area contributed by atoms with Gasteiger partial charge in [-0.05, 0) is 69.0 Å². The first-order valence-corrected chi connectivity index (χ1v) is 11.7. The Morgan fingerprint density at radius 3 is 2.53 bits per heavy atom. The van der Waals surface area contributed by atoms with Crippen LogP contribution < -0.4 is 5.32 Å². The van der Waals surface area contributed by atoms with Crippen LogP contribution in [0.4, 0.5) is 14.9 Å². The van der Waals surface area contributed by atoms with Crippen LogP contribution in [0, 0.1) is 23.1 Å². The summed E-state index contributed by atoms with van der Waals surface area (Å²) in [6.45, 7) is 3.16. The molecule has 2 aromatic rings. The van der Waals surface area contributed by atoms with E-state index in [0.29, 0.717) is 23.6 Å². The molecule has 2 fully saturated rings. The molecule has 2 aromatic carbocycles. The van der Waals surface area contributed by atoms with Crippen LogP contribution in [0.5, 0.6) is 0 Å². The molecule has 2 saturated heterocycles. The average molecular weight is 435 g/mol. The highest BCUT2D eigenvalue weighted by Crippen LogP contribution is 2.31. The maximum Gasteiger partial charge on any atom is 0.322 e. The Labute approximate surface area is 189 Å². The van der Waals surface area contributed by atoms with Crippen LogP contribution >= 0.6 is 0 Å². The first-order chi connectivity index (χ1) is 15.6. The lowest BCUT2D eigenvalue weighted by Gasteiger charge is -2.40. The fraction of sp³-hybridized carbons (Fsp3) is 0.462. The number of likely N-dealkylation sites (tertiary alicyclic amines) is 2. The first-order valence-electron chi connectivity index (χ1n) is 11.7. The number of amides is 2.